The molecule has 0 aliphatic heterocycles. The van der Waals surface area contributed by atoms with Gasteiger partial charge in [0.1, 0.15) is 12.4 Å². The number of nitrogens with zero attached hydrogens (tertiary/aromatic N) is 3. The van der Waals surface area contributed by atoms with Gasteiger partial charge in [-0.1, -0.05) is 59.6 Å². The molecule has 0 aliphatic carbocycles. The number of aliphatic imine (C=N–C) groups is 1. The van der Waals surface area contributed by atoms with Crippen LogP contribution in [0.5, 0.6) is 0 Å². The minimum atomic E-state index is -0.0948. The maximum Gasteiger partial charge on any atom is 0.189 e. The van der Waals surface area contributed by atoms with E-state index in [1.807, 2.05) is 37.4 Å². The highest BCUT2D eigenvalue weighted by molar-refractivity contribution is 14.0. The number of benzene rings is 2. The third-order valence-electron chi connectivity index (χ3n) is 4.18. The highest BCUT2D eigenvalue weighted by Gasteiger charge is 2.11. The zero-order valence-electron chi connectivity index (χ0n) is 15.3. The number of halogens is 3. The van der Waals surface area contributed by atoms with E-state index in [0.717, 1.165) is 17.9 Å². The lowest BCUT2D eigenvalue weighted by Crippen LogP contribution is -2.34. The Morgan fingerprint density at radius 3 is 2.68 bits per heavy atom. The predicted molar refractivity (Wildman–Crippen MR) is 127 cm³/mol. The summed E-state index contributed by atoms with van der Waals surface area (Å²) in [7, 11) is 0. The normalized spacial score (nSPS) is 12.3. The van der Waals surface area contributed by atoms with E-state index in [-0.39, 0.29) is 30.0 Å². The second kappa shape index (κ2) is 10.7. The molecule has 0 fully saturated rings. The van der Waals surface area contributed by atoms with Crippen molar-refractivity contribution in [2.45, 2.75) is 26.1 Å². The smallest absolute Gasteiger partial charge is 0.189 e. The summed E-state index contributed by atoms with van der Waals surface area (Å²) in [6.45, 7) is 3.10. The lowest BCUT2D eigenvalue weighted by Gasteiger charge is -2.16. The molecule has 3 aromatic rings. The number of aromatic nitrogens is 2. The highest BCUT2D eigenvalue weighted by atomic mass is 127. The van der Waals surface area contributed by atoms with E-state index in [1.54, 1.807) is 18.3 Å². The molecular weight excluding hydrogens is 508 g/mol. The maximum atomic E-state index is 6.25. The van der Waals surface area contributed by atoms with Crippen LogP contribution in [0.15, 0.2) is 65.9 Å². The van der Waals surface area contributed by atoms with Crippen LogP contribution in [0.25, 0.3) is 0 Å². The molecular formula is C20H22Cl2IN5. The van der Waals surface area contributed by atoms with Crippen molar-refractivity contribution < 1.29 is 0 Å². The van der Waals surface area contributed by atoms with Gasteiger partial charge >= 0.3 is 0 Å². The van der Waals surface area contributed by atoms with Crippen LogP contribution in [0.3, 0.4) is 0 Å². The van der Waals surface area contributed by atoms with E-state index in [1.165, 1.54) is 5.56 Å². The Bertz CT molecular complexity index is 927. The molecule has 148 valence electrons. The van der Waals surface area contributed by atoms with Gasteiger partial charge in [0.05, 0.1) is 6.04 Å². The summed E-state index contributed by atoms with van der Waals surface area (Å²) in [6.07, 6.45) is 3.71. The molecule has 5 nitrogen and oxygen atoms in total. The molecule has 0 bridgehead atoms. The van der Waals surface area contributed by atoms with Gasteiger partial charge in [0.15, 0.2) is 5.96 Å². The topological polar surface area (TPSA) is 68.2 Å². The molecule has 3 rings (SSSR count). The summed E-state index contributed by atoms with van der Waals surface area (Å²) < 4.78 is 2.06. The van der Waals surface area contributed by atoms with Crippen LogP contribution in [0.4, 0.5) is 0 Å². The average molecular weight is 530 g/mol. The fourth-order valence-corrected chi connectivity index (χ4v) is 3.34. The molecule has 1 unspecified atom stereocenters. The van der Waals surface area contributed by atoms with Crippen molar-refractivity contribution in [3.05, 3.63) is 87.9 Å². The third-order valence-corrected chi connectivity index (χ3v) is 4.74. The minimum absolute atomic E-state index is 0. The zero-order chi connectivity index (χ0) is 19.2. The summed E-state index contributed by atoms with van der Waals surface area (Å²) in [5.74, 6) is 1.18. The van der Waals surface area contributed by atoms with Crippen LogP contribution >= 0.6 is 47.2 Å². The van der Waals surface area contributed by atoms with Gasteiger partial charge in [0, 0.05) is 29.0 Å². The van der Waals surface area contributed by atoms with Gasteiger partial charge in [0.25, 0.3) is 0 Å². The van der Waals surface area contributed by atoms with Crippen LogP contribution < -0.4 is 11.1 Å². The van der Waals surface area contributed by atoms with Gasteiger partial charge < -0.3 is 15.6 Å². The van der Waals surface area contributed by atoms with Crippen molar-refractivity contribution in [2.75, 3.05) is 0 Å². The molecule has 0 saturated carbocycles. The van der Waals surface area contributed by atoms with Gasteiger partial charge in [-0.25, -0.2) is 9.98 Å². The molecule has 0 saturated heterocycles. The SMILES string of the molecule is CC(NC(N)=NCc1nccn1Cc1ccccc1)c1ccc(Cl)cc1Cl.I. The highest BCUT2D eigenvalue weighted by Crippen LogP contribution is 2.25. The second-order valence-corrected chi connectivity index (χ2v) is 7.03. The number of rotatable bonds is 6. The Morgan fingerprint density at radius 1 is 1.21 bits per heavy atom. The van der Waals surface area contributed by atoms with Crippen molar-refractivity contribution in [1.82, 2.24) is 14.9 Å². The summed E-state index contributed by atoms with van der Waals surface area (Å²) in [4.78, 5) is 8.79. The summed E-state index contributed by atoms with van der Waals surface area (Å²) >= 11 is 12.2. The number of hydrogen-bond acceptors (Lipinski definition) is 2. The van der Waals surface area contributed by atoms with E-state index in [0.29, 0.717) is 22.5 Å². The van der Waals surface area contributed by atoms with Gasteiger partial charge in [-0.05, 0) is 30.2 Å². The largest absolute Gasteiger partial charge is 0.370 e. The fraction of sp³-hybridized carbons (Fsp3) is 0.200. The van der Waals surface area contributed by atoms with Crippen LogP contribution in [0, 0.1) is 0 Å². The number of nitrogens with one attached hydrogen (secondary N) is 1. The standard InChI is InChI=1S/C20H21Cl2N5.HI/c1-14(17-8-7-16(21)11-18(17)22)26-20(23)25-12-19-24-9-10-27(19)13-15-5-3-2-4-6-15;/h2-11,14H,12-13H2,1H3,(H3,23,25,26);1H. The summed E-state index contributed by atoms with van der Waals surface area (Å²) in [5, 5.41) is 4.34. The van der Waals surface area contributed by atoms with Gasteiger partial charge in [-0.15, -0.1) is 24.0 Å². The Balaban J connectivity index is 0.00000280. The van der Waals surface area contributed by atoms with Crippen molar-refractivity contribution in [2.24, 2.45) is 10.7 Å². The quantitative estimate of drug-likeness (QED) is 0.267. The molecule has 0 spiro atoms. The molecule has 1 aromatic heterocycles. The van der Waals surface area contributed by atoms with Gasteiger partial charge in [-0.2, -0.15) is 0 Å². The van der Waals surface area contributed by atoms with Crippen LogP contribution in [0.1, 0.15) is 29.9 Å². The average Bonchev–Trinajstić information content (AvgIpc) is 3.07. The first-order chi connectivity index (χ1) is 13.0. The Hall–Kier alpha value is -1.77. The van der Waals surface area contributed by atoms with E-state index in [9.17, 15) is 0 Å². The third kappa shape index (κ3) is 6.12. The number of guanidine groups is 1. The summed E-state index contributed by atoms with van der Waals surface area (Å²) in [5.41, 5.74) is 8.16. The number of hydrogen-bond donors (Lipinski definition) is 2. The van der Waals surface area contributed by atoms with Crippen LogP contribution in [0.2, 0.25) is 10.0 Å². The van der Waals surface area contributed by atoms with Gasteiger partial charge in [-0.3, -0.25) is 0 Å². The maximum absolute atomic E-state index is 6.25. The molecule has 28 heavy (non-hydrogen) atoms. The van der Waals surface area contributed by atoms with Crippen LogP contribution in [-0.2, 0) is 13.1 Å². The van der Waals surface area contributed by atoms with E-state index >= 15 is 0 Å². The molecule has 2 aromatic carbocycles. The Labute approximate surface area is 192 Å². The Morgan fingerprint density at radius 2 is 1.96 bits per heavy atom. The monoisotopic (exact) mass is 529 g/mol. The van der Waals surface area contributed by atoms with E-state index in [2.05, 4.69) is 32.0 Å². The van der Waals surface area contributed by atoms with E-state index in [4.69, 9.17) is 28.9 Å². The first kappa shape index (κ1) is 22.5. The molecule has 0 amide bonds. The van der Waals surface area contributed by atoms with E-state index < -0.39 is 0 Å². The predicted octanol–water partition coefficient (Wildman–Crippen LogP) is 5.02. The first-order valence-corrected chi connectivity index (χ1v) is 9.34. The number of imidazole rings is 1. The fourth-order valence-electron chi connectivity index (χ4n) is 2.77. The molecule has 8 heteroatoms. The van der Waals surface area contributed by atoms with Crippen molar-refractivity contribution >= 4 is 53.1 Å². The molecule has 1 heterocycles. The first-order valence-electron chi connectivity index (χ1n) is 8.58. The number of nitrogens with two attached hydrogens (primary N) is 1. The lowest BCUT2D eigenvalue weighted by atomic mass is 10.1. The molecule has 1 atom stereocenters. The summed E-state index contributed by atoms with van der Waals surface area (Å²) in [6, 6.07) is 15.5. The molecule has 0 aliphatic rings. The second-order valence-electron chi connectivity index (χ2n) is 6.19. The van der Waals surface area contributed by atoms with Crippen molar-refractivity contribution in [3.8, 4) is 0 Å². The lowest BCUT2D eigenvalue weighted by molar-refractivity contribution is 0.695. The van der Waals surface area contributed by atoms with Gasteiger partial charge in [0.2, 0.25) is 0 Å². The molecule has 3 N–H and O–H groups in total. The van der Waals surface area contributed by atoms with Crippen molar-refractivity contribution in [1.29, 1.82) is 0 Å². The minimum Gasteiger partial charge on any atom is -0.370 e. The Kier molecular flexibility index (Phi) is 8.59. The zero-order valence-corrected chi connectivity index (χ0v) is 19.2. The molecule has 0 radical (unpaired) electrons. The van der Waals surface area contributed by atoms with Crippen molar-refractivity contribution in [3.63, 3.8) is 0 Å². The van der Waals surface area contributed by atoms with Crippen LogP contribution in [-0.4, -0.2) is 15.5 Å².